The Labute approximate surface area is 175 Å². The maximum absolute atomic E-state index is 4.63. The van der Waals surface area contributed by atoms with Gasteiger partial charge in [0.25, 0.3) is 0 Å². The molecule has 1 aromatic heterocycles. The molecule has 0 unspecified atom stereocenters. The average Bonchev–Trinajstić information content (AvgIpc) is 2.65. The third kappa shape index (κ3) is 8.07. The minimum absolute atomic E-state index is 0. The Morgan fingerprint density at radius 3 is 2.50 bits per heavy atom. The molecule has 1 saturated heterocycles. The van der Waals surface area contributed by atoms with Crippen LogP contribution in [-0.2, 0) is 6.54 Å². The van der Waals surface area contributed by atoms with E-state index in [1.165, 1.54) is 31.2 Å². The van der Waals surface area contributed by atoms with Crippen LogP contribution in [0.2, 0.25) is 0 Å². The number of nitrogens with one attached hydrogen (secondary N) is 2. The van der Waals surface area contributed by atoms with E-state index in [1.54, 1.807) is 0 Å². The third-order valence-electron chi connectivity index (χ3n) is 4.64. The number of guanidine groups is 1. The second-order valence-corrected chi connectivity index (χ2v) is 6.73. The second kappa shape index (κ2) is 13.1. The minimum atomic E-state index is 0. The molecule has 0 saturated carbocycles. The molecule has 7 heteroatoms. The molecule has 2 rings (SSSR count). The van der Waals surface area contributed by atoms with E-state index in [2.05, 4.69) is 56.5 Å². The van der Waals surface area contributed by atoms with Crippen LogP contribution in [0.3, 0.4) is 0 Å². The fraction of sp³-hybridized carbons (Fsp3) is 0.684. The summed E-state index contributed by atoms with van der Waals surface area (Å²) >= 11 is 0. The van der Waals surface area contributed by atoms with Crippen molar-refractivity contribution < 1.29 is 0 Å². The summed E-state index contributed by atoms with van der Waals surface area (Å²) in [4.78, 5) is 13.6. The highest BCUT2D eigenvalue weighted by atomic mass is 127. The molecule has 2 N–H and O–H groups in total. The van der Waals surface area contributed by atoms with Gasteiger partial charge in [-0.15, -0.1) is 24.0 Å². The van der Waals surface area contributed by atoms with Gasteiger partial charge < -0.3 is 20.4 Å². The predicted molar refractivity (Wildman–Crippen MR) is 122 cm³/mol. The minimum Gasteiger partial charge on any atom is -0.356 e. The highest BCUT2D eigenvalue weighted by Gasteiger charge is 2.14. The van der Waals surface area contributed by atoms with Crippen LogP contribution in [0.25, 0.3) is 0 Å². The van der Waals surface area contributed by atoms with Crippen molar-refractivity contribution >= 4 is 35.8 Å². The van der Waals surface area contributed by atoms with Crippen LogP contribution in [0.4, 0.5) is 5.82 Å². The first-order valence-corrected chi connectivity index (χ1v) is 9.56. The number of aromatic nitrogens is 1. The normalized spacial score (nSPS) is 15.5. The summed E-state index contributed by atoms with van der Waals surface area (Å²) in [6, 6.07) is 4.28. The summed E-state index contributed by atoms with van der Waals surface area (Å²) in [5.74, 6) is 1.94. The van der Waals surface area contributed by atoms with Gasteiger partial charge in [0.05, 0.1) is 0 Å². The Morgan fingerprint density at radius 1 is 1.12 bits per heavy atom. The number of anilines is 1. The van der Waals surface area contributed by atoms with Crippen molar-refractivity contribution in [2.75, 3.05) is 51.7 Å². The number of piperazine rings is 1. The summed E-state index contributed by atoms with van der Waals surface area (Å²) in [5, 5.41) is 6.73. The van der Waals surface area contributed by atoms with Crippen molar-refractivity contribution in [1.29, 1.82) is 0 Å². The molecular weight excluding hydrogens is 439 g/mol. The molecule has 1 aliphatic heterocycles. The molecular formula is C19H35IN6. The van der Waals surface area contributed by atoms with E-state index in [0.717, 1.165) is 51.0 Å². The summed E-state index contributed by atoms with van der Waals surface area (Å²) in [7, 11) is 3.99. The van der Waals surface area contributed by atoms with Crippen molar-refractivity contribution in [3.05, 3.63) is 23.9 Å². The third-order valence-corrected chi connectivity index (χ3v) is 4.64. The van der Waals surface area contributed by atoms with Gasteiger partial charge in [0, 0.05) is 52.5 Å². The van der Waals surface area contributed by atoms with E-state index < -0.39 is 0 Å². The molecule has 0 spiro atoms. The van der Waals surface area contributed by atoms with Gasteiger partial charge in [-0.25, -0.2) is 4.98 Å². The van der Waals surface area contributed by atoms with E-state index >= 15 is 0 Å². The fourth-order valence-electron chi connectivity index (χ4n) is 2.91. The summed E-state index contributed by atoms with van der Waals surface area (Å²) in [5.41, 5.74) is 1.17. The molecule has 1 aromatic rings. The largest absolute Gasteiger partial charge is 0.356 e. The second-order valence-electron chi connectivity index (χ2n) is 6.73. The number of likely N-dealkylation sites (N-methyl/N-ethyl adjacent to an activating group) is 1. The van der Waals surface area contributed by atoms with Crippen LogP contribution in [0, 0.1) is 0 Å². The van der Waals surface area contributed by atoms with Crippen molar-refractivity contribution in [3.63, 3.8) is 0 Å². The first-order chi connectivity index (χ1) is 12.2. The first-order valence-electron chi connectivity index (χ1n) is 9.56. The topological polar surface area (TPSA) is 55.8 Å². The molecule has 0 aliphatic carbocycles. The zero-order valence-electron chi connectivity index (χ0n) is 16.5. The van der Waals surface area contributed by atoms with Crippen molar-refractivity contribution in [2.45, 2.75) is 39.2 Å². The van der Waals surface area contributed by atoms with Crippen molar-refractivity contribution in [2.24, 2.45) is 4.99 Å². The standard InChI is InChI=1S/C19H34N6.HI/c1-4-5-6-7-10-21-19(20-2)23-16-17-8-9-18(22-15-17)25-13-11-24(3)12-14-25;/h8-9,15H,4-7,10-14,16H2,1-3H3,(H2,20,21,23);1H. The summed E-state index contributed by atoms with van der Waals surface area (Å²) in [6.45, 7) is 8.25. The Kier molecular flexibility index (Phi) is 11.6. The zero-order chi connectivity index (χ0) is 17.9. The van der Waals surface area contributed by atoms with Crippen LogP contribution < -0.4 is 15.5 Å². The lowest BCUT2D eigenvalue weighted by Crippen LogP contribution is -2.44. The van der Waals surface area contributed by atoms with E-state index in [0.29, 0.717) is 0 Å². The Bertz CT molecular complexity index is 511. The molecule has 148 valence electrons. The molecule has 0 atom stereocenters. The molecule has 26 heavy (non-hydrogen) atoms. The van der Waals surface area contributed by atoms with Gasteiger partial charge in [-0.3, -0.25) is 4.99 Å². The van der Waals surface area contributed by atoms with Crippen LogP contribution in [-0.4, -0.2) is 62.7 Å². The molecule has 0 bridgehead atoms. The van der Waals surface area contributed by atoms with E-state index in [-0.39, 0.29) is 24.0 Å². The van der Waals surface area contributed by atoms with Crippen LogP contribution in [0.15, 0.2) is 23.3 Å². The lowest BCUT2D eigenvalue weighted by molar-refractivity contribution is 0.312. The van der Waals surface area contributed by atoms with E-state index in [1.807, 2.05) is 13.2 Å². The van der Waals surface area contributed by atoms with Crippen molar-refractivity contribution in [3.8, 4) is 0 Å². The molecule has 1 aliphatic rings. The van der Waals surface area contributed by atoms with Gasteiger partial charge >= 0.3 is 0 Å². The number of hydrogen-bond donors (Lipinski definition) is 2. The monoisotopic (exact) mass is 474 g/mol. The van der Waals surface area contributed by atoms with Crippen LogP contribution in [0.1, 0.15) is 38.2 Å². The SMILES string of the molecule is CCCCCCNC(=NC)NCc1ccc(N2CCN(C)CC2)nc1.I. The number of hydrogen-bond acceptors (Lipinski definition) is 4. The highest BCUT2D eigenvalue weighted by molar-refractivity contribution is 14.0. The van der Waals surface area contributed by atoms with E-state index in [9.17, 15) is 0 Å². The van der Waals surface area contributed by atoms with Crippen LogP contribution >= 0.6 is 24.0 Å². The lowest BCUT2D eigenvalue weighted by atomic mass is 10.2. The maximum atomic E-state index is 4.63. The fourth-order valence-corrected chi connectivity index (χ4v) is 2.91. The molecule has 0 amide bonds. The molecule has 2 heterocycles. The molecule has 1 fully saturated rings. The van der Waals surface area contributed by atoms with E-state index in [4.69, 9.17) is 0 Å². The first kappa shape index (κ1) is 23.0. The number of nitrogens with zero attached hydrogens (tertiary/aromatic N) is 4. The Balaban J connectivity index is 0.00000338. The lowest BCUT2D eigenvalue weighted by Gasteiger charge is -2.33. The highest BCUT2D eigenvalue weighted by Crippen LogP contribution is 2.13. The predicted octanol–water partition coefficient (Wildman–Crippen LogP) is 2.70. The smallest absolute Gasteiger partial charge is 0.191 e. The Hall–Kier alpha value is -1.09. The number of pyridine rings is 1. The zero-order valence-corrected chi connectivity index (χ0v) is 18.8. The summed E-state index contributed by atoms with van der Waals surface area (Å²) < 4.78 is 0. The maximum Gasteiger partial charge on any atom is 0.191 e. The van der Waals surface area contributed by atoms with Gasteiger partial charge in [0.15, 0.2) is 5.96 Å². The average molecular weight is 474 g/mol. The number of rotatable bonds is 8. The number of aliphatic imine (C=N–C) groups is 1. The quantitative estimate of drug-likeness (QED) is 0.263. The van der Waals surface area contributed by atoms with Crippen LogP contribution in [0.5, 0.6) is 0 Å². The van der Waals surface area contributed by atoms with Gasteiger partial charge in [-0.05, 0) is 25.1 Å². The van der Waals surface area contributed by atoms with Gasteiger partial charge in [0.2, 0.25) is 0 Å². The molecule has 6 nitrogen and oxygen atoms in total. The van der Waals surface area contributed by atoms with Gasteiger partial charge in [-0.1, -0.05) is 32.3 Å². The molecule has 0 aromatic carbocycles. The van der Waals surface area contributed by atoms with Gasteiger partial charge in [0.1, 0.15) is 5.82 Å². The van der Waals surface area contributed by atoms with Crippen molar-refractivity contribution in [1.82, 2.24) is 20.5 Å². The summed E-state index contributed by atoms with van der Waals surface area (Å²) in [6.07, 6.45) is 7.01. The number of unbranched alkanes of at least 4 members (excludes halogenated alkanes) is 3. The number of halogens is 1. The molecule has 0 radical (unpaired) electrons. The van der Waals surface area contributed by atoms with Gasteiger partial charge in [-0.2, -0.15) is 0 Å². The Morgan fingerprint density at radius 2 is 1.88 bits per heavy atom.